The molecule has 0 fully saturated rings. The van der Waals surface area contributed by atoms with Crippen LogP contribution in [-0.2, 0) is 17.6 Å². The van der Waals surface area contributed by atoms with Gasteiger partial charge in [-0.1, -0.05) is 6.07 Å². The Bertz CT molecular complexity index is 1600. The van der Waals surface area contributed by atoms with Gasteiger partial charge in [-0.3, -0.25) is 14.5 Å². The third kappa shape index (κ3) is 4.77. The lowest BCUT2D eigenvalue weighted by atomic mass is 10.1. The van der Waals surface area contributed by atoms with Crippen LogP contribution in [0.3, 0.4) is 0 Å². The van der Waals surface area contributed by atoms with Gasteiger partial charge in [-0.05, 0) is 54.3 Å². The van der Waals surface area contributed by atoms with Crippen molar-refractivity contribution in [3.63, 3.8) is 0 Å². The summed E-state index contributed by atoms with van der Waals surface area (Å²) in [6.45, 7) is 1.46. The molecule has 0 saturated carbocycles. The molecular weight excluding hydrogens is 470 g/mol. The average Bonchev–Trinajstić information content (AvgIpc) is 3.34. The second-order valence-corrected chi connectivity index (χ2v) is 9.03. The van der Waals surface area contributed by atoms with Gasteiger partial charge in [0.05, 0.1) is 30.8 Å². The van der Waals surface area contributed by atoms with Crippen LogP contribution in [0.2, 0.25) is 0 Å². The summed E-state index contributed by atoms with van der Waals surface area (Å²) in [5, 5.41) is 18.4. The van der Waals surface area contributed by atoms with Crippen LogP contribution in [0.5, 0.6) is 5.75 Å². The van der Waals surface area contributed by atoms with E-state index in [1.54, 1.807) is 29.5 Å². The van der Waals surface area contributed by atoms with Crippen LogP contribution in [0.4, 0.5) is 5.82 Å². The Kier molecular flexibility index (Phi) is 6.05. The summed E-state index contributed by atoms with van der Waals surface area (Å²) < 4.78 is 7.73. The zero-order chi connectivity index (χ0) is 25.2. The number of nitrogens with zero attached hydrogens (tertiary/aromatic N) is 6. The van der Waals surface area contributed by atoms with E-state index in [1.807, 2.05) is 24.3 Å². The first-order valence-corrected chi connectivity index (χ1v) is 12.3. The highest BCUT2D eigenvalue weighted by molar-refractivity contribution is 5.81. The predicted molar refractivity (Wildman–Crippen MR) is 138 cm³/mol. The van der Waals surface area contributed by atoms with Crippen LogP contribution in [0, 0.1) is 0 Å². The van der Waals surface area contributed by atoms with E-state index in [4.69, 9.17) is 9.72 Å². The Hall–Kier alpha value is -4.60. The molecule has 0 saturated heterocycles. The number of fused-ring (bicyclic) bond motifs is 3. The molecule has 0 radical (unpaired) electrons. The number of anilines is 1. The average molecular weight is 496 g/mol. The van der Waals surface area contributed by atoms with Crippen LogP contribution in [0.25, 0.3) is 22.1 Å². The highest BCUT2D eigenvalue weighted by atomic mass is 16.5. The molecule has 6 rings (SSSR count). The zero-order valence-electron chi connectivity index (χ0n) is 20.0. The van der Waals surface area contributed by atoms with Gasteiger partial charge < -0.3 is 15.2 Å². The zero-order valence-corrected chi connectivity index (χ0v) is 20.0. The first kappa shape index (κ1) is 22.8. The smallest absolute Gasteiger partial charge is 0.305 e. The van der Waals surface area contributed by atoms with Crippen LogP contribution < -0.4 is 10.1 Å². The number of hydrogen-bond donors (Lipinski definition) is 2. The summed E-state index contributed by atoms with van der Waals surface area (Å²) in [7, 11) is 0. The number of carbonyl (C=O) groups is 1. The molecule has 5 heterocycles. The van der Waals surface area contributed by atoms with Gasteiger partial charge in [0, 0.05) is 42.6 Å². The Balaban J connectivity index is 1.21. The van der Waals surface area contributed by atoms with E-state index in [2.05, 4.69) is 37.5 Å². The number of pyridine rings is 2. The summed E-state index contributed by atoms with van der Waals surface area (Å²) >= 11 is 0. The van der Waals surface area contributed by atoms with E-state index in [0.717, 1.165) is 47.6 Å². The molecule has 1 unspecified atom stereocenters. The maximum Gasteiger partial charge on any atom is 0.305 e. The third-order valence-corrected chi connectivity index (χ3v) is 6.54. The summed E-state index contributed by atoms with van der Waals surface area (Å²) in [5.74, 6) is 0.779. The number of aryl methyl sites for hydroxylation is 1. The number of aromatic nitrogens is 6. The molecule has 4 aromatic heterocycles. The van der Waals surface area contributed by atoms with Crippen molar-refractivity contribution in [2.75, 3.05) is 18.5 Å². The number of carboxylic acids is 1. The van der Waals surface area contributed by atoms with E-state index in [9.17, 15) is 9.90 Å². The maximum atomic E-state index is 11.7. The van der Waals surface area contributed by atoms with E-state index in [-0.39, 0.29) is 6.42 Å². The fourth-order valence-corrected chi connectivity index (χ4v) is 4.72. The van der Waals surface area contributed by atoms with Crippen molar-refractivity contribution in [1.29, 1.82) is 0 Å². The van der Waals surface area contributed by atoms with Gasteiger partial charge in [-0.2, -0.15) is 5.10 Å². The molecule has 1 aromatic carbocycles. The van der Waals surface area contributed by atoms with E-state index in [0.29, 0.717) is 29.8 Å². The maximum absolute atomic E-state index is 11.7. The van der Waals surface area contributed by atoms with E-state index in [1.165, 1.54) is 5.56 Å². The van der Waals surface area contributed by atoms with Gasteiger partial charge >= 0.3 is 5.97 Å². The molecule has 10 heteroatoms. The Morgan fingerprint density at radius 1 is 1.11 bits per heavy atom. The molecule has 186 valence electrons. The molecule has 1 aliphatic rings. The monoisotopic (exact) mass is 495 g/mol. The normalized spacial score (nSPS) is 13.7. The fourth-order valence-electron chi connectivity index (χ4n) is 4.72. The highest BCUT2D eigenvalue weighted by Crippen LogP contribution is 2.29. The van der Waals surface area contributed by atoms with Crippen molar-refractivity contribution in [1.82, 2.24) is 29.7 Å². The standard InChI is InChI=1S/C27H25N7O3/c35-25(36)14-24(19-13-22-27(31-15-19)30-10-9-28-22)34-23-6-5-21(12-18(23)16-32-34)37-11-7-20-4-3-17-2-1-8-29-26(17)33-20/h3-6,9-10,12-13,15-16,24H,1-2,7-8,11,14H2,(H,29,33)(H,35,36). The minimum Gasteiger partial charge on any atom is -0.493 e. The molecule has 0 amide bonds. The molecule has 0 aliphatic carbocycles. The van der Waals surface area contributed by atoms with Crippen LogP contribution in [0.15, 0.2) is 61.2 Å². The minimum atomic E-state index is -0.932. The van der Waals surface area contributed by atoms with Gasteiger partial charge in [0.2, 0.25) is 0 Å². The number of nitrogens with one attached hydrogen (secondary N) is 1. The number of rotatable bonds is 8. The lowest BCUT2D eigenvalue weighted by molar-refractivity contribution is -0.137. The summed E-state index contributed by atoms with van der Waals surface area (Å²) in [6, 6.07) is 11.2. The first-order chi connectivity index (χ1) is 18.1. The van der Waals surface area contributed by atoms with Crippen molar-refractivity contribution in [3.05, 3.63) is 78.0 Å². The first-order valence-electron chi connectivity index (χ1n) is 12.3. The molecule has 0 bridgehead atoms. The number of ether oxygens (including phenoxy) is 1. The van der Waals surface area contributed by atoms with Crippen molar-refractivity contribution < 1.29 is 14.6 Å². The molecule has 1 atom stereocenters. The summed E-state index contributed by atoms with van der Waals surface area (Å²) in [6.07, 6.45) is 9.28. The summed E-state index contributed by atoms with van der Waals surface area (Å²) in [5.41, 5.74) is 4.88. The lowest BCUT2D eigenvalue weighted by Gasteiger charge is -2.18. The van der Waals surface area contributed by atoms with Crippen LogP contribution in [0.1, 0.15) is 35.7 Å². The van der Waals surface area contributed by atoms with Crippen LogP contribution in [-0.4, -0.2) is 53.9 Å². The second-order valence-electron chi connectivity index (χ2n) is 9.03. The van der Waals surface area contributed by atoms with Gasteiger partial charge in [0.25, 0.3) is 0 Å². The fraction of sp³-hybridized carbons (Fsp3) is 0.259. The number of carboxylic acid groups (broad SMARTS) is 1. The largest absolute Gasteiger partial charge is 0.493 e. The molecule has 37 heavy (non-hydrogen) atoms. The van der Waals surface area contributed by atoms with Crippen molar-refractivity contribution in [3.8, 4) is 5.75 Å². The molecular formula is C27H25N7O3. The second kappa shape index (κ2) is 9.81. The number of aliphatic carboxylic acids is 1. The predicted octanol–water partition coefficient (Wildman–Crippen LogP) is 3.81. The molecule has 2 N–H and O–H groups in total. The summed E-state index contributed by atoms with van der Waals surface area (Å²) in [4.78, 5) is 29.3. The Morgan fingerprint density at radius 2 is 2.03 bits per heavy atom. The Labute approximate surface area is 212 Å². The number of benzene rings is 1. The Morgan fingerprint density at radius 3 is 2.95 bits per heavy atom. The van der Waals surface area contributed by atoms with Gasteiger partial charge in [-0.25, -0.2) is 15.0 Å². The SMILES string of the molecule is O=C(O)CC(c1cnc2nccnc2c1)n1ncc2cc(OCCc3ccc4c(n3)NCCC4)ccc21. The molecule has 0 spiro atoms. The lowest BCUT2D eigenvalue weighted by Crippen LogP contribution is -2.16. The van der Waals surface area contributed by atoms with Gasteiger partial charge in [0.1, 0.15) is 17.1 Å². The highest BCUT2D eigenvalue weighted by Gasteiger charge is 2.22. The van der Waals surface area contributed by atoms with Gasteiger partial charge in [0.15, 0.2) is 5.65 Å². The van der Waals surface area contributed by atoms with Crippen LogP contribution >= 0.6 is 0 Å². The minimum absolute atomic E-state index is 0.148. The van der Waals surface area contributed by atoms with Crippen molar-refractivity contribution >= 4 is 33.9 Å². The van der Waals surface area contributed by atoms with E-state index >= 15 is 0 Å². The topological polar surface area (TPSA) is 128 Å². The molecule has 1 aliphatic heterocycles. The van der Waals surface area contributed by atoms with E-state index < -0.39 is 12.0 Å². The van der Waals surface area contributed by atoms with Gasteiger partial charge in [-0.15, -0.1) is 0 Å². The molecule has 10 nitrogen and oxygen atoms in total. The quantitative estimate of drug-likeness (QED) is 0.330. The van der Waals surface area contributed by atoms with Crippen molar-refractivity contribution in [2.45, 2.75) is 31.7 Å². The molecule has 5 aromatic rings. The third-order valence-electron chi connectivity index (χ3n) is 6.54. The number of hydrogen-bond acceptors (Lipinski definition) is 8. The van der Waals surface area contributed by atoms with Crippen molar-refractivity contribution in [2.24, 2.45) is 0 Å².